The summed E-state index contributed by atoms with van der Waals surface area (Å²) in [6, 6.07) is 8.49. The second-order valence-corrected chi connectivity index (χ2v) is 6.80. The van der Waals surface area contributed by atoms with Gasteiger partial charge >= 0.3 is 0 Å². The molecule has 1 aromatic rings. The van der Waals surface area contributed by atoms with Crippen molar-refractivity contribution in [2.24, 2.45) is 5.73 Å². The number of halogens is 1. The van der Waals surface area contributed by atoms with Gasteiger partial charge in [0.1, 0.15) is 0 Å². The van der Waals surface area contributed by atoms with Crippen LogP contribution in [0.1, 0.15) is 50.7 Å². The molecule has 0 radical (unpaired) electrons. The van der Waals surface area contributed by atoms with Gasteiger partial charge in [0.25, 0.3) is 0 Å². The molecule has 1 saturated carbocycles. The first-order valence-electron chi connectivity index (χ1n) is 7.48. The van der Waals surface area contributed by atoms with E-state index < -0.39 is 5.54 Å². The highest BCUT2D eigenvalue weighted by Crippen LogP contribution is 2.28. The molecule has 0 saturated heterocycles. The monoisotopic (exact) mass is 310 g/mol. The average molecular weight is 311 g/mol. The fourth-order valence-electron chi connectivity index (χ4n) is 2.82. The quantitative estimate of drug-likeness (QED) is 0.898. The lowest BCUT2D eigenvalue weighted by molar-refractivity contribution is -0.126. The van der Waals surface area contributed by atoms with E-state index in [1.807, 2.05) is 0 Å². The second-order valence-electron chi connectivity index (χ2n) is 6.80. The Morgan fingerprint density at radius 3 is 2.29 bits per heavy atom. The maximum Gasteiger partial charge on any atom is 0.240 e. The van der Waals surface area contributed by atoms with Crippen LogP contribution in [0, 0.1) is 6.92 Å². The number of benzene rings is 1. The molecule has 0 bridgehead atoms. The fourth-order valence-corrected chi connectivity index (χ4v) is 2.82. The molecule has 0 heterocycles. The van der Waals surface area contributed by atoms with E-state index in [4.69, 9.17) is 5.73 Å². The number of nitrogens with two attached hydrogens (primary N) is 1. The lowest BCUT2D eigenvalue weighted by Crippen LogP contribution is -2.53. The second kappa shape index (κ2) is 6.80. The third kappa shape index (κ3) is 4.21. The number of carbonyl (C=O) groups is 1. The summed E-state index contributed by atoms with van der Waals surface area (Å²) in [5.41, 5.74) is 7.95. The van der Waals surface area contributed by atoms with Gasteiger partial charge in [-0.1, -0.05) is 56.5 Å². The fraction of sp³-hybridized carbons (Fsp3) is 0.588. The highest BCUT2D eigenvalue weighted by Gasteiger charge is 2.37. The van der Waals surface area contributed by atoms with Gasteiger partial charge in [-0.15, -0.1) is 12.4 Å². The van der Waals surface area contributed by atoms with Crippen molar-refractivity contribution in [1.29, 1.82) is 0 Å². The Balaban J connectivity index is 0.00000220. The molecule has 3 N–H and O–H groups in total. The number of aryl methyl sites for hydroxylation is 1. The molecule has 1 aliphatic rings. The van der Waals surface area contributed by atoms with Crippen molar-refractivity contribution in [3.05, 3.63) is 35.4 Å². The van der Waals surface area contributed by atoms with Crippen LogP contribution in [0.5, 0.6) is 0 Å². The minimum absolute atomic E-state index is 0. The molecule has 1 amide bonds. The van der Waals surface area contributed by atoms with Crippen molar-refractivity contribution in [1.82, 2.24) is 5.32 Å². The number of hydrogen-bond acceptors (Lipinski definition) is 2. The van der Waals surface area contributed by atoms with Crippen molar-refractivity contribution in [2.45, 2.75) is 57.4 Å². The summed E-state index contributed by atoms with van der Waals surface area (Å²) in [7, 11) is 0. The molecule has 0 unspecified atom stereocenters. The van der Waals surface area contributed by atoms with Crippen molar-refractivity contribution >= 4 is 18.3 Å². The van der Waals surface area contributed by atoms with Crippen LogP contribution >= 0.6 is 12.4 Å². The molecule has 0 aliphatic heterocycles. The maximum atomic E-state index is 12.3. The Morgan fingerprint density at radius 2 is 1.76 bits per heavy atom. The van der Waals surface area contributed by atoms with Crippen LogP contribution in [0.25, 0.3) is 0 Å². The van der Waals surface area contributed by atoms with Crippen molar-refractivity contribution in [3.63, 3.8) is 0 Å². The summed E-state index contributed by atoms with van der Waals surface area (Å²) >= 11 is 0. The molecule has 0 aromatic heterocycles. The Hall–Kier alpha value is -1.06. The molecule has 1 fully saturated rings. The standard InChI is InChI=1S/C17H26N2O.ClH/c1-13-6-8-14(9-7-13)16(2,3)12-19-15(20)17(18)10-4-5-11-17;/h6-9H,4-5,10-12,18H2,1-3H3,(H,19,20);1H. The van der Waals surface area contributed by atoms with Crippen molar-refractivity contribution in [3.8, 4) is 0 Å². The minimum Gasteiger partial charge on any atom is -0.354 e. The Labute approximate surface area is 134 Å². The van der Waals surface area contributed by atoms with Crippen LogP contribution in [0.4, 0.5) is 0 Å². The Morgan fingerprint density at radius 1 is 1.24 bits per heavy atom. The molecule has 21 heavy (non-hydrogen) atoms. The third-order valence-corrected chi connectivity index (χ3v) is 4.47. The first-order chi connectivity index (χ1) is 9.33. The molecular formula is C17H27ClN2O. The van der Waals surface area contributed by atoms with Crippen molar-refractivity contribution in [2.75, 3.05) is 6.54 Å². The predicted octanol–water partition coefficient (Wildman–Crippen LogP) is 3.08. The van der Waals surface area contributed by atoms with E-state index in [1.54, 1.807) is 0 Å². The lowest BCUT2D eigenvalue weighted by atomic mass is 9.84. The summed E-state index contributed by atoms with van der Waals surface area (Å²) in [4.78, 5) is 12.3. The summed E-state index contributed by atoms with van der Waals surface area (Å²) in [6.07, 6.45) is 3.74. The van der Waals surface area contributed by atoms with Gasteiger partial charge in [-0.2, -0.15) is 0 Å². The maximum absolute atomic E-state index is 12.3. The van der Waals surface area contributed by atoms with Crippen LogP contribution in [0.15, 0.2) is 24.3 Å². The Bertz CT molecular complexity index is 476. The molecule has 0 atom stereocenters. The van der Waals surface area contributed by atoms with Gasteiger partial charge in [0.05, 0.1) is 5.54 Å². The molecular weight excluding hydrogens is 284 g/mol. The van der Waals surface area contributed by atoms with Crippen LogP contribution < -0.4 is 11.1 Å². The normalized spacial score (nSPS) is 17.1. The molecule has 0 spiro atoms. The molecule has 2 rings (SSSR count). The van der Waals surface area contributed by atoms with Gasteiger partial charge in [0, 0.05) is 12.0 Å². The van der Waals surface area contributed by atoms with Gasteiger partial charge in [0.15, 0.2) is 0 Å². The average Bonchev–Trinajstić information content (AvgIpc) is 2.85. The molecule has 4 heteroatoms. The highest BCUT2D eigenvalue weighted by atomic mass is 35.5. The summed E-state index contributed by atoms with van der Waals surface area (Å²) in [6.45, 7) is 7.00. The van der Waals surface area contributed by atoms with Crippen LogP contribution in [0.2, 0.25) is 0 Å². The van der Waals surface area contributed by atoms with E-state index in [9.17, 15) is 4.79 Å². The van der Waals surface area contributed by atoms with Crippen LogP contribution in [0.3, 0.4) is 0 Å². The van der Waals surface area contributed by atoms with E-state index in [1.165, 1.54) is 11.1 Å². The summed E-state index contributed by atoms with van der Waals surface area (Å²) in [5, 5.41) is 3.05. The smallest absolute Gasteiger partial charge is 0.240 e. The molecule has 1 aromatic carbocycles. The lowest BCUT2D eigenvalue weighted by Gasteiger charge is -2.29. The molecule has 1 aliphatic carbocycles. The number of carbonyl (C=O) groups excluding carboxylic acids is 1. The zero-order chi connectivity index (χ0) is 14.8. The molecule has 118 valence electrons. The number of amides is 1. The topological polar surface area (TPSA) is 55.1 Å². The van der Waals surface area contributed by atoms with E-state index >= 15 is 0 Å². The van der Waals surface area contributed by atoms with Gasteiger partial charge in [0.2, 0.25) is 5.91 Å². The number of hydrogen-bond donors (Lipinski definition) is 2. The van der Waals surface area contributed by atoms with Crippen LogP contribution in [-0.4, -0.2) is 18.0 Å². The first kappa shape index (κ1) is 18.0. The Kier molecular flexibility index (Phi) is 5.83. The van der Waals surface area contributed by atoms with Gasteiger partial charge in [-0.05, 0) is 25.3 Å². The SMILES string of the molecule is Cc1ccc(C(C)(C)CNC(=O)C2(N)CCCC2)cc1.Cl. The molecule has 3 nitrogen and oxygen atoms in total. The predicted molar refractivity (Wildman–Crippen MR) is 89.8 cm³/mol. The minimum atomic E-state index is -0.636. The van der Waals surface area contributed by atoms with Crippen molar-refractivity contribution < 1.29 is 4.79 Å². The third-order valence-electron chi connectivity index (χ3n) is 4.47. The van der Waals surface area contributed by atoms with Gasteiger partial charge < -0.3 is 11.1 Å². The van der Waals surface area contributed by atoms with Crippen LogP contribution in [-0.2, 0) is 10.2 Å². The number of rotatable bonds is 4. The van der Waals surface area contributed by atoms with E-state index in [0.29, 0.717) is 6.54 Å². The van der Waals surface area contributed by atoms with E-state index in [0.717, 1.165) is 25.7 Å². The van der Waals surface area contributed by atoms with Gasteiger partial charge in [-0.25, -0.2) is 0 Å². The van der Waals surface area contributed by atoms with Gasteiger partial charge in [-0.3, -0.25) is 4.79 Å². The summed E-state index contributed by atoms with van der Waals surface area (Å²) in [5.74, 6) is 0.00943. The highest BCUT2D eigenvalue weighted by molar-refractivity contribution is 5.86. The zero-order valence-electron chi connectivity index (χ0n) is 13.2. The zero-order valence-corrected chi connectivity index (χ0v) is 14.1. The first-order valence-corrected chi connectivity index (χ1v) is 7.48. The largest absolute Gasteiger partial charge is 0.354 e. The number of nitrogens with one attached hydrogen (secondary N) is 1. The summed E-state index contributed by atoms with van der Waals surface area (Å²) < 4.78 is 0. The van der Waals surface area contributed by atoms with E-state index in [-0.39, 0.29) is 23.7 Å². The van der Waals surface area contributed by atoms with E-state index in [2.05, 4.69) is 50.4 Å².